The Labute approximate surface area is 186 Å². The molecule has 0 spiro atoms. The number of sulfonamides is 1. The Morgan fingerprint density at radius 2 is 1.90 bits per heavy atom. The maximum atomic E-state index is 12.9. The van der Waals surface area contributed by atoms with E-state index in [4.69, 9.17) is 0 Å². The van der Waals surface area contributed by atoms with Crippen molar-refractivity contribution in [1.29, 1.82) is 0 Å². The molecule has 0 aromatic heterocycles. The summed E-state index contributed by atoms with van der Waals surface area (Å²) in [6, 6.07) is 16.0. The highest BCUT2D eigenvalue weighted by atomic mass is 32.2. The molecule has 2 atom stereocenters. The molecular formula is C25H34N2O3S. The summed E-state index contributed by atoms with van der Waals surface area (Å²) in [5.74, 6) is -0.239. The van der Waals surface area contributed by atoms with Crippen LogP contribution in [0.1, 0.15) is 54.5 Å². The topological polar surface area (TPSA) is 66.5 Å². The van der Waals surface area contributed by atoms with E-state index >= 15 is 0 Å². The predicted octanol–water partition coefficient (Wildman–Crippen LogP) is 4.16. The summed E-state index contributed by atoms with van der Waals surface area (Å²) >= 11 is 0. The van der Waals surface area contributed by atoms with Gasteiger partial charge in [-0.25, -0.2) is 12.7 Å². The predicted molar refractivity (Wildman–Crippen MR) is 125 cm³/mol. The van der Waals surface area contributed by atoms with E-state index in [0.717, 1.165) is 29.5 Å². The van der Waals surface area contributed by atoms with E-state index < -0.39 is 10.0 Å². The van der Waals surface area contributed by atoms with E-state index in [9.17, 15) is 13.2 Å². The summed E-state index contributed by atoms with van der Waals surface area (Å²) in [4.78, 5) is 12.9. The molecule has 1 saturated heterocycles. The van der Waals surface area contributed by atoms with Crippen molar-refractivity contribution in [2.24, 2.45) is 5.92 Å². The normalized spacial score (nSPS) is 18.5. The highest BCUT2D eigenvalue weighted by Gasteiger charge is 2.32. The molecule has 0 radical (unpaired) electrons. The van der Waals surface area contributed by atoms with Crippen LogP contribution in [0, 0.1) is 19.8 Å². The first-order valence-corrected chi connectivity index (χ1v) is 12.8. The fraction of sp³-hybridized carbons (Fsp3) is 0.480. The average Bonchev–Trinajstić information content (AvgIpc) is 2.74. The van der Waals surface area contributed by atoms with E-state index in [2.05, 4.69) is 37.4 Å². The minimum Gasteiger partial charge on any atom is -0.349 e. The lowest BCUT2D eigenvalue weighted by atomic mass is 9.96. The van der Waals surface area contributed by atoms with Crippen molar-refractivity contribution in [2.45, 2.75) is 52.5 Å². The lowest BCUT2D eigenvalue weighted by Gasteiger charge is -2.32. The molecule has 3 rings (SSSR count). The van der Waals surface area contributed by atoms with E-state index in [1.807, 2.05) is 37.3 Å². The van der Waals surface area contributed by atoms with E-state index in [1.165, 1.54) is 9.87 Å². The van der Waals surface area contributed by atoms with Gasteiger partial charge in [0.25, 0.3) is 0 Å². The quantitative estimate of drug-likeness (QED) is 0.668. The first kappa shape index (κ1) is 23.5. The van der Waals surface area contributed by atoms with Gasteiger partial charge in [-0.2, -0.15) is 0 Å². The third kappa shape index (κ3) is 6.40. The second kappa shape index (κ2) is 10.4. The van der Waals surface area contributed by atoms with Gasteiger partial charge in [0.2, 0.25) is 15.9 Å². The molecule has 2 aromatic rings. The van der Waals surface area contributed by atoms with Crippen LogP contribution in [0.4, 0.5) is 0 Å². The van der Waals surface area contributed by atoms with Gasteiger partial charge >= 0.3 is 0 Å². The van der Waals surface area contributed by atoms with Crippen LogP contribution in [0.3, 0.4) is 0 Å². The molecule has 6 heteroatoms. The maximum Gasteiger partial charge on any atom is 0.224 e. The minimum absolute atomic E-state index is 0.0586. The molecule has 1 aliphatic heterocycles. The monoisotopic (exact) mass is 442 g/mol. The van der Waals surface area contributed by atoms with Crippen LogP contribution in [0.2, 0.25) is 0 Å². The van der Waals surface area contributed by atoms with Crippen LogP contribution >= 0.6 is 0 Å². The van der Waals surface area contributed by atoms with Crippen LogP contribution in [0.15, 0.2) is 48.5 Å². The second-order valence-corrected chi connectivity index (χ2v) is 10.8. The Morgan fingerprint density at radius 3 is 2.61 bits per heavy atom. The van der Waals surface area contributed by atoms with Gasteiger partial charge in [-0.3, -0.25) is 4.79 Å². The molecule has 31 heavy (non-hydrogen) atoms. The number of hydrogen-bond acceptors (Lipinski definition) is 3. The minimum atomic E-state index is -3.36. The molecule has 1 amide bonds. The highest BCUT2D eigenvalue weighted by Crippen LogP contribution is 2.23. The Balaban J connectivity index is 1.55. The molecule has 1 fully saturated rings. The van der Waals surface area contributed by atoms with Crippen LogP contribution in [0.5, 0.6) is 0 Å². The summed E-state index contributed by atoms with van der Waals surface area (Å²) in [5.41, 5.74) is 4.59. The van der Waals surface area contributed by atoms with Crippen molar-refractivity contribution in [3.05, 3.63) is 70.8 Å². The third-order valence-corrected chi connectivity index (χ3v) is 8.03. The van der Waals surface area contributed by atoms with Crippen molar-refractivity contribution in [3.8, 4) is 0 Å². The van der Waals surface area contributed by atoms with Gasteiger partial charge in [-0.15, -0.1) is 0 Å². The number of rotatable bonds is 8. The second-order valence-electron chi connectivity index (χ2n) is 8.69. The zero-order valence-corrected chi connectivity index (χ0v) is 19.6. The van der Waals surface area contributed by atoms with Crippen molar-refractivity contribution in [3.63, 3.8) is 0 Å². The summed E-state index contributed by atoms with van der Waals surface area (Å²) in [6.07, 6.45) is 2.77. The van der Waals surface area contributed by atoms with Crippen molar-refractivity contribution in [2.75, 3.05) is 18.8 Å². The Kier molecular flexibility index (Phi) is 7.89. The van der Waals surface area contributed by atoms with Crippen molar-refractivity contribution < 1.29 is 13.2 Å². The first-order valence-electron chi connectivity index (χ1n) is 11.2. The van der Waals surface area contributed by atoms with Crippen LogP contribution in [0.25, 0.3) is 0 Å². The van der Waals surface area contributed by atoms with Crippen LogP contribution in [-0.4, -0.2) is 37.5 Å². The number of aryl methyl sites for hydroxylation is 3. The molecule has 1 N–H and O–H groups in total. The summed E-state index contributed by atoms with van der Waals surface area (Å²) < 4.78 is 27.2. The van der Waals surface area contributed by atoms with Gasteiger partial charge in [0, 0.05) is 13.1 Å². The number of nitrogens with one attached hydrogen (secondary N) is 1. The Morgan fingerprint density at radius 1 is 1.16 bits per heavy atom. The SMILES string of the molecule is Cc1ccc([C@H](C)NC(=O)[C@@H]2CCCN(S(=O)(=O)CCCc3ccccc3)C2)c(C)c1. The zero-order valence-electron chi connectivity index (χ0n) is 18.8. The smallest absolute Gasteiger partial charge is 0.224 e. The fourth-order valence-corrected chi connectivity index (χ4v) is 5.94. The number of carbonyl (C=O) groups is 1. The van der Waals surface area contributed by atoms with Gasteiger partial charge in [-0.05, 0) is 63.1 Å². The number of nitrogens with zero attached hydrogens (tertiary/aromatic N) is 1. The van der Waals surface area contributed by atoms with Gasteiger partial charge in [-0.1, -0.05) is 54.1 Å². The number of hydrogen-bond donors (Lipinski definition) is 1. The van der Waals surface area contributed by atoms with E-state index in [0.29, 0.717) is 19.4 Å². The van der Waals surface area contributed by atoms with Crippen molar-refractivity contribution in [1.82, 2.24) is 9.62 Å². The molecule has 0 aliphatic carbocycles. The highest BCUT2D eigenvalue weighted by molar-refractivity contribution is 7.89. The van der Waals surface area contributed by atoms with Crippen LogP contribution in [-0.2, 0) is 21.2 Å². The summed E-state index contributed by atoms with van der Waals surface area (Å²) in [7, 11) is -3.36. The van der Waals surface area contributed by atoms with E-state index in [-0.39, 0.29) is 30.2 Å². The lowest BCUT2D eigenvalue weighted by Crippen LogP contribution is -2.46. The number of benzene rings is 2. The lowest BCUT2D eigenvalue weighted by molar-refractivity contribution is -0.126. The third-order valence-electron chi connectivity index (χ3n) is 6.11. The molecular weight excluding hydrogens is 408 g/mol. The van der Waals surface area contributed by atoms with Gasteiger partial charge in [0.1, 0.15) is 0 Å². The number of amides is 1. The molecule has 1 heterocycles. The molecule has 0 saturated carbocycles. The Hall–Kier alpha value is -2.18. The van der Waals surface area contributed by atoms with Gasteiger partial charge in [0.15, 0.2) is 0 Å². The number of piperidine rings is 1. The molecule has 168 valence electrons. The summed E-state index contributed by atoms with van der Waals surface area (Å²) in [6.45, 7) is 6.87. The van der Waals surface area contributed by atoms with E-state index in [1.54, 1.807) is 0 Å². The summed E-state index contributed by atoms with van der Waals surface area (Å²) in [5, 5.41) is 3.10. The van der Waals surface area contributed by atoms with Crippen molar-refractivity contribution >= 4 is 15.9 Å². The van der Waals surface area contributed by atoms with Gasteiger partial charge < -0.3 is 5.32 Å². The standard InChI is InChI=1S/C25H34N2O3S/c1-19-13-14-24(20(2)17-19)21(3)26-25(28)23-12-7-15-27(18-23)31(29,30)16-8-11-22-9-5-4-6-10-22/h4-6,9-10,13-14,17,21,23H,7-8,11-12,15-16,18H2,1-3H3,(H,26,28)/t21-,23+/m0/s1. The van der Waals surface area contributed by atoms with Gasteiger partial charge in [0.05, 0.1) is 17.7 Å². The molecule has 5 nitrogen and oxygen atoms in total. The molecule has 1 aliphatic rings. The fourth-order valence-electron chi connectivity index (χ4n) is 4.36. The first-order chi connectivity index (χ1) is 14.8. The van der Waals surface area contributed by atoms with Crippen LogP contribution < -0.4 is 5.32 Å². The maximum absolute atomic E-state index is 12.9. The largest absolute Gasteiger partial charge is 0.349 e. The number of carbonyl (C=O) groups excluding carboxylic acids is 1. The zero-order chi connectivity index (χ0) is 22.4. The average molecular weight is 443 g/mol. The molecule has 0 bridgehead atoms. The Bertz CT molecular complexity index is 989. The molecule has 2 aromatic carbocycles. The molecule has 0 unspecified atom stereocenters.